The first kappa shape index (κ1) is 24.4. The molecule has 0 unspecified atom stereocenters. The number of hydrogen-bond acceptors (Lipinski definition) is 4. The lowest BCUT2D eigenvalue weighted by Gasteiger charge is -2.25. The smallest absolute Gasteiger partial charge is 0.243 e. The van der Waals surface area contributed by atoms with Gasteiger partial charge in [-0.3, -0.25) is 4.79 Å². The number of fused-ring (bicyclic) bond motifs is 1. The third-order valence-electron chi connectivity index (χ3n) is 6.51. The molecule has 0 spiro atoms. The standard InChI is InChI=1S/C26H34N4O3S/c1-26(2,3)19-8-10-20(11-9-19)27-25(31)15-14-24-28-22-18-21(12-13-23(22)29(24)4)34(32,33)30-16-6-5-7-17-30/h8-13,18H,5-7,14-17H2,1-4H3,(H,27,31). The zero-order valence-electron chi connectivity index (χ0n) is 20.5. The number of nitrogens with one attached hydrogen (secondary N) is 1. The molecule has 7 nitrogen and oxygen atoms in total. The van der Waals surface area contributed by atoms with E-state index in [-0.39, 0.29) is 22.6 Å². The van der Waals surface area contributed by atoms with Crippen molar-refractivity contribution in [2.45, 2.75) is 63.2 Å². The van der Waals surface area contributed by atoms with Crippen LogP contribution in [0.25, 0.3) is 11.0 Å². The van der Waals surface area contributed by atoms with Gasteiger partial charge in [-0.1, -0.05) is 39.3 Å². The van der Waals surface area contributed by atoms with Gasteiger partial charge in [-0.2, -0.15) is 4.31 Å². The summed E-state index contributed by atoms with van der Waals surface area (Å²) in [6.45, 7) is 7.61. The fraction of sp³-hybridized carbons (Fsp3) is 0.462. The molecule has 0 aliphatic carbocycles. The van der Waals surface area contributed by atoms with Crippen molar-refractivity contribution in [1.29, 1.82) is 0 Å². The van der Waals surface area contributed by atoms with Crippen LogP contribution in [0.2, 0.25) is 0 Å². The summed E-state index contributed by atoms with van der Waals surface area (Å²) in [6, 6.07) is 13.0. The molecule has 34 heavy (non-hydrogen) atoms. The van der Waals surface area contributed by atoms with E-state index in [0.29, 0.717) is 25.0 Å². The van der Waals surface area contributed by atoms with E-state index in [1.807, 2.05) is 35.9 Å². The maximum atomic E-state index is 13.0. The number of carbonyl (C=O) groups is 1. The number of benzene rings is 2. The maximum Gasteiger partial charge on any atom is 0.243 e. The van der Waals surface area contributed by atoms with Crippen molar-refractivity contribution in [1.82, 2.24) is 13.9 Å². The summed E-state index contributed by atoms with van der Waals surface area (Å²) in [4.78, 5) is 17.5. The first-order valence-corrected chi connectivity index (χ1v) is 13.4. The first-order valence-electron chi connectivity index (χ1n) is 11.9. The average molecular weight is 483 g/mol. The highest BCUT2D eigenvalue weighted by molar-refractivity contribution is 7.89. The van der Waals surface area contributed by atoms with Crippen LogP contribution in [-0.2, 0) is 33.7 Å². The van der Waals surface area contributed by atoms with Gasteiger partial charge in [-0.05, 0) is 54.2 Å². The summed E-state index contributed by atoms with van der Waals surface area (Å²) in [7, 11) is -1.61. The number of nitrogens with zero attached hydrogens (tertiary/aromatic N) is 3. The highest BCUT2D eigenvalue weighted by Gasteiger charge is 2.26. The maximum absolute atomic E-state index is 13.0. The normalized spacial score (nSPS) is 15.5. The van der Waals surface area contributed by atoms with Crippen LogP contribution in [0.1, 0.15) is 57.8 Å². The molecule has 182 valence electrons. The predicted octanol–water partition coefficient (Wildman–Crippen LogP) is 4.62. The molecule has 1 saturated heterocycles. The summed E-state index contributed by atoms with van der Waals surface area (Å²) >= 11 is 0. The quantitative estimate of drug-likeness (QED) is 0.556. The second-order valence-electron chi connectivity index (χ2n) is 10.1. The summed E-state index contributed by atoms with van der Waals surface area (Å²) in [5.74, 6) is 0.671. The van der Waals surface area contributed by atoms with E-state index < -0.39 is 10.0 Å². The van der Waals surface area contributed by atoms with Crippen molar-refractivity contribution in [2.24, 2.45) is 7.05 Å². The van der Waals surface area contributed by atoms with E-state index in [1.165, 1.54) is 5.56 Å². The van der Waals surface area contributed by atoms with Gasteiger partial charge in [-0.25, -0.2) is 13.4 Å². The van der Waals surface area contributed by atoms with Crippen molar-refractivity contribution in [3.8, 4) is 0 Å². The number of carbonyl (C=O) groups excluding carboxylic acids is 1. The Morgan fingerprint density at radius 2 is 1.71 bits per heavy atom. The van der Waals surface area contributed by atoms with Crippen molar-refractivity contribution in [2.75, 3.05) is 18.4 Å². The number of aromatic nitrogens is 2. The molecule has 4 rings (SSSR count). The molecular weight excluding hydrogens is 448 g/mol. The fourth-order valence-corrected chi connectivity index (χ4v) is 5.91. The minimum atomic E-state index is -3.51. The second-order valence-corrected chi connectivity index (χ2v) is 12.0. The lowest BCUT2D eigenvalue weighted by atomic mass is 9.87. The van der Waals surface area contributed by atoms with Crippen molar-refractivity contribution < 1.29 is 13.2 Å². The van der Waals surface area contributed by atoms with Crippen molar-refractivity contribution >= 4 is 32.7 Å². The molecule has 2 aromatic carbocycles. The first-order chi connectivity index (χ1) is 16.1. The molecule has 1 fully saturated rings. The van der Waals surface area contributed by atoms with Crippen molar-refractivity contribution in [3.05, 3.63) is 53.9 Å². The van der Waals surface area contributed by atoms with Gasteiger partial charge in [0.2, 0.25) is 15.9 Å². The molecule has 1 aromatic heterocycles. The monoisotopic (exact) mass is 482 g/mol. The van der Waals surface area contributed by atoms with Gasteiger partial charge in [0.25, 0.3) is 0 Å². The Kier molecular flexibility index (Phi) is 6.82. The Balaban J connectivity index is 1.44. The predicted molar refractivity (Wildman–Crippen MR) is 135 cm³/mol. The molecule has 2 heterocycles. The Morgan fingerprint density at radius 1 is 1.03 bits per heavy atom. The number of hydrogen-bond donors (Lipinski definition) is 1. The molecule has 1 aliphatic heterocycles. The Morgan fingerprint density at radius 3 is 2.35 bits per heavy atom. The van der Waals surface area contributed by atoms with E-state index in [4.69, 9.17) is 0 Å². The molecule has 0 saturated carbocycles. The van der Waals surface area contributed by atoms with E-state index in [2.05, 4.69) is 31.1 Å². The number of anilines is 1. The zero-order valence-corrected chi connectivity index (χ0v) is 21.3. The number of rotatable bonds is 6. The highest BCUT2D eigenvalue weighted by Crippen LogP contribution is 2.26. The average Bonchev–Trinajstić information content (AvgIpc) is 3.13. The Labute approximate surface area is 202 Å². The van der Waals surface area contributed by atoms with Gasteiger partial charge in [-0.15, -0.1) is 0 Å². The van der Waals surface area contributed by atoms with Gasteiger partial charge < -0.3 is 9.88 Å². The summed E-state index contributed by atoms with van der Waals surface area (Å²) in [5.41, 5.74) is 3.54. The highest BCUT2D eigenvalue weighted by atomic mass is 32.2. The van der Waals surface area contributed by atoms with E-state index in [9.17, 15) is 13.2 Å². The molecule has 1 N–H and O–H groups in total. The summed E-state index contributed by atoms with van der Waals surface area (Å²) in [6.07, 6.45) is 3.63. The lowest BCUT2D eigenvalue weighted by Crippen LogP contribution is -2.35. The third-order valence-corrected chi connectivity index (χ3v) is 8.40. The van der Waals surface area contributed by atoms with Crippen molar-refractivity contribution in [3.63, 3.8) is 0 Å². The van der Waals surface area contributed by atoms with Gasteiger partial charge in [0.1, 0.15) is 5.82 Å². The van der Waals surface area contributed by atoms with E-state index in [0.717, 1.165) is 36.3 Å². The Hall–Kier alpha value is -2.71. The summed E-state index contributed by atoms with van der Waals surface area (Å²) < 4.78 is 29.5. The molecule has 0 radical (unpaired) electrons. The van der Waals surface area contributed by atoms with Crippen LogP contribution in [0.4, 0.5) is 5.69 Å². The number of imidazole rings is 1. The molecule has 3 aromatic rings. The SMILES string of the molecule is Cn1c(CCC(=O)Nc2ccc(C(C)(C)C)cc2)nc2cc(S(=O)(=O)N3CCCCC3)ccc21. The number of sulfonamides is 1. The second kappa shape index (κ2) is 9.50. The summed E-state index contributed by atoms with van der Waals surface area (Å²) in [5, 5.41) is 2.95. The third kappa shape index (κ3) is 5.18. The minimum Gasteiger partial charge on any atom is -0.331 e. The van der Waals surface area contributed by atoms with Gasteiger partial charge >= 0.3 is 0 Å². The van der Waals surface area contributed by atoms with Crippen LogP contribution >= 0.6 is 0 Å². The van der Waals surface area contributed by atoms with Crippen LogP contribution in [0.5, 0.6) is 0 Å². The van der Waals surface area contributed by atoms with Gasteiger partial charge in [0.05, 0.1) is 15.9 Å². The fourth-order valence-electron chi connectivity index (χ4n) is 4.37. The van der Waals surface area contributed by atoms with Crippen LogP contribution in [-0.4, -0.2) is 41.3 Å². The van der Waals surface area contributed by atoms with E-state index >= 15 is 0 Å². The Bertz CT molecular complexity index is 1280. The number of amides is 1. The molecule has 8 heteroatoms. The van der Waals surface area contributed by atoms with E-state index in [1.54, 1.807) is 22.5 Å². The number of aryl methyl sites for hydroxylation is 2. The zero-order chi connectivity index (χ0) is 24.5. The van der Waals surface area contributed by atoms with Crippen LogP contribution < -0.4 is 5.32 Å². The van der Waals surface area contributed by atoms with Gasteiger partial charge in [0.15, 0.2) is 0 Å². The molecular formula is C26H34N4O3S. The van der Waals surface area contributed by atoms with Crippen LogP contribution in [0, 0.1) is 0 Å². The van der Waals surface area contributed by atoms with Crippen LogP contribution in [0.3, 0.4) is 0 Å². The minimum absolute atomic E-state index is 0.0652. The lowest BCUT2D eigenvalue weighted by molar-refractivity contribution is -0.116. The molecule has 1 amide bonds. The van der Waals surface area contributed by atoms with Crippen LogP contribution in [0.15, 0.2) is 47.4 Å². The largest absolute Gasteiger partial charge is 0.331 e. The topological polar surface area (TPSA) is 84.3 Å². The van der Waals surface area contributed by atoms with Gasteiger partial charge in [0, 0.05) is 38.7 Å². The molecule has 0 bridgehead atoms. The molecule has 1 aliphatic rings. The molecule has 0 atom stereocenters. The number of piperidine rings is 1.